The summed E-state index contributed by atoms with van der Waals surface area (Å²) in [5, 5.41) is 20.3. The monoisotopic (exact) mass is 361 g/mol. The number of rotatable bonds is 4. The molecule has 0 unspecified atom stereocenters. The number of nitrogens with zero attached hydrogens (tertiary/aromatic N) is 3. The second kappa shape index (κ2) is 6.58. The summed E-state index contributed by atoms with van der Waals surface area (Å²) in [6.07, 6.45) is 0.0152. The third-order valence-electron chi connectivity index (χ3n) is 4.31. The van der Waals surface area contributed by atoms with Crippen LogP contribution in [0.25, 0.3) is 10.2 Å². The molecule has 0 aliphatic carbocycles. The normalized spacial score (nSPS) is 16.3. The van der Waals surface area contributed by atoms with Crippen molar-refractivity contribution in [3.63, 3.8) is 0 Å². The third-order valence-corrected chi connectivity index (χ3v) is 5.43. The van der Waals surface area contributed by atoms with E-state index in [1.165, 1.54) is 16.3 Å². The fraction of sp³-hybridized carbons (Fsp3) is 0.158. The summed E-state index contributed by atoms with van der Waals surface area (Å²) in [4.78, 5) is 16.4. The van der Waals surface area contributed by atoms with Crippen LogP contribution in [0.5, 0.6) is 0 Å². The molecule has 0 saturated carbocycles. The van der Waals surface area contributed by atoms with Gasteiger partial charge in [-0.3, -0.25) is 20.6 Å². The molecule has 2 N–H and O–H groups in total. The molecule has 7 heteroatoms. The lowest BCUT2D eigenvalue weighted by atomic mass is 9.93. The highest BCUT2D eigenvalue weighted by molar-refractivity contribution is 7.18. The maximum atomic E-state index is 11.8. The van der Waals surface area contributed by atoms with Crippen LogP contribution >= 0.6 is 11.3 Å². The molecule has 0 spiro atoms. The van der Waals surface area contributed by atoms with Crippen LogP contribution < -0.4 is 5.43 Å². The summed E-state index contributed by atoms with van der Waals surface area (Å²) in [7, 11) is 0. The second-order valence-electron chi connectivity index (χ2n) is 6.01. The Morgan fingerprint density at radius 3 is 2.58 bits per heavy atom. The van der Waals surface area contributed by atoms with Crippen molar-refractivity contribution in [1.29, 1.82) is 10.7 Å². The van der Waals surface area contributed by atoms with Crippen LogP contribution in [-0.4, -0.2) is 21.7 Å². The SMILES string of the molecule is N#C[C@H](c1nc2ccccc2s1)[C@H](c1ccccc1)N1NC(=O)CC1=N. The minimum atomic E-state index is -0.617. The van der Waals surface area contributed by atoms with Crippen LogP contribution in [0.3, 0.4) is 0 Å². The van der Waals surface area contributed by atoms with Gasteiger partial charge in [-0.1, -0.05) is 42.5 Å². The zero-order valence-corrected chi connectivity index (χ0v) is 14.5. The van der Waals surface area contributed by atoms with Crippen molar-refractivity contribution >= 4 is 33.3 Å². The van der Waals surface area contributed by atoms with E-state index in [1.807, 2.05) is 54.6 Å². The summed E-state index contributed by atoms with van der Waals surface area (Å²) < 4.78 is 1.01. The predicted octanol–water partition coefficient (Wildman–Crippen LogP) is 3.36. The average Bonchev–Trinajstić information content (AvgIpc) is 3.22. The number of hydrogen-bond donors (Lipinski definition) is 2. The number of amidine groups is 1. The van der Waals surface area contributed by atoms with E-state index in [0.29, 0.717) is 5.01 Å². The first-order chi connectivity index (χ1) is 12.7. The molecule has 0 radical (unpaired) electrons. The molecule has 1 aliphatic heterocycles. The molecule has 128 valence electrons. The first kappa shape index (κ1) is 16.2. The quantitative estimate of drug-likeness (QED) is 0.745. The molecule has 26 heavy (non-hydrogen) atoms. The van der Waals surface area contributed by atoms with Crippen molar-refractivity contribution in [1.82, 2.24) is 15.4 Å². The van der Waals surface area contributed by atoms with E-state index in [4.69, 9.17) is 5.41 Å². The number of para-hydroxylation sites is 1. The topological polar surface area (TPSA) is 92.9 Å². The highest BCUT2D eigenvalue weighted by atomic mass is 32.1. The minimum Gasteiger partial charge on any atom is -0.287 e. The predicted molar refractivity (Wildman–Crippen MR) is 99.5 cm³/mol. The van der Waals surface area contributed by atoms with Crippen molar-refractivity contribution in [2.75, 3.05) is 0 Å². The lowest BCUT2D eigenvalue weighted by molar-refractivity contribution is -0.121. The van der Waals surface area contributed by atoms with E-state index in [1.54, 1.807) is 0 Å². The molecule has 1 amide bonds. The fourth-order valence-electron chi connectivity index (χ4n) is 3.14. The van der Waals surface area contributed by atoms with Crippen LogP contribution in [0.15, 0.2) is 54.6 Å². The summed E-state index contributed by atoms with van der Waals surface area (Å²) >= 11 is 1.47. The van der Waals surface area contributed by atoms with Crippen molar-refractivity contribution in [3.05, 3.63) is 65.2 Å². The molecule has 6 nitrogen and oxygen atoms in total. The minimum absolute atomic E-state index is 0.0152. The van der Waals surface area contributed by atoms with Gasteiger partial charge in [-0.05, 0) is 17.7 Å². The molecule has 2 aromatic carbocycles. The van der Waals surface area contributed by atoms with Gasteiger partial charge in [0.1, 0.15) is 16.8 Å². The van der Waals surface area contributed by atoms with Gasteiger partial charge in [-0.2, -0.15) is 5.26 Å². The van der Waals surface area contributed by atoms with Crippen LogP contribution in [0.2, 0.25) is 0 Å². The number of fused-ring (bicyclic) bond motifs is 1. The van der Waals surface area contributed by atoms with E-state index >= 15 is 0 Å². The van der Waals surface area contributed by atoms with Crippen molar-refractivity contribution in [2.24, 2.45) is 0 Å². The molecule has 1 aliphatic rings. The summed E-state index contributed by atoms with van der Waals surface area (Å²) in [5.41, 5.74) is 4.42. The van der Waals surface area contributed by atoms with Crippen LogP contribution in [0, 0.1) is 16.7 Å². The Bertz CT molecular complexity index is 990. The molecule has 2 heterocycles. The number of thiazole rings is 1. The lowest BCUT2D eigenvalue weighted by Gasteiger charge is -2.31. The molecule has 1 aromatic heterocycles. The van der Waals surface area contributed by atoms with E-state index in [-0.39, 0.29) is 18.2 Å². The molecule has 1 fully saturated rings. The standard InChI is InChI=1S/C19H15N5OS/c20-11-13(19-22-14-8-4-5-9-15(14)26-19)18(12-6-2-1-3-7-12)24-16(21)10-17(25)23-24/h1-9,13,18,21H,10H2,(H,23,25)/t13-,18-/m0/s1. The third kappa shape index (κ3) is 2.80. The average molecular weight is 361 g/mol. The van der Waals surface area contributed by atoms with Gasteiger partial charge in [-0.15, -0.1) is 11.3 Å². The highest BCUT2D eigenvalue weighted by Crippen LogP contribution is 2.39. The summed E-state index contributed by atoms with van der Waals surface area (Å²) in [6, 6.07) is 19.1. The number of nitrogens with one attached hydrogen (secondary N) is 2. The highest BCUT2D eigenvalue weighted by Gasteiger charge is 2.38. The van der Waals surface area contributed by atoms with Gasteiger partial charge in [0.25, 0.3) is 0 Å². The molecular formula is C19H15N5OS. The van der Waals surface area contributed by atoms with Crippen molar-refractivity contribution in [2.45, 2.75) is 18.4 Å². The second-order valence-corrected chi connectivity index (χ2v) is 7.07. The fourth-order valence-corrected chi connectivity index (χ4v) is 4.18. The summed E-state index contributed by atoms with van der Waals surface area (Å²) in [5.74, 6) is -0.698. The first-order valence-corrected chi connectivity index (χ1v) is 8.95. The Kier molecular flexibility index (Phi) is 4.11. The van der Waals surface area contributed by atoms with Gasteiger partial charge in [-0.25, -0.2) is 4.98 Å². The van der Waals surface area contributed by atoms with Gasteiger partial charge in [0.15, 0.2) is 0 Å². The van der Waals surface area contributed by atoms with Crippen molar-refractivity contribution < 1.29 is 4.79 Å². The number of benzene rings is 2. The van der Waals surface area contributed by atoms with E-state index < -0.39 is 12.0 Å². The van der Waals surface area contributed by atoms with Crippen LogP contribution in [0.4, 0.5) is 0 Å². The van der Waals surface area contributed by atoms with Gasteiger partial charge in [0, 0.05) is 0 Å². The van der Waals surface area contributed by atoms with Gasteiger partial charge in [0.05, 0.1) is 28.7 Å². The van der Waals surface area contributed by atoms with Crippen LogP contribution in [-0.2, 0) is 4.79 Å². The first-order valence-electron chi connectivity index (χ1n) is 8.13. The zero-order chi connectivity index (χ0) is 18.1. The van der Waals surface area contributed by atoms with Crippen molar-refractivity contribution in [3.8, 4) is 6.07 Å². The molecule has 0 bridgehead atoms. The maximum absolute atomic E-state index is 11.8. The van der Waals surface area contributed by atoms with Gasteiger partial charge < -0.3 is 0 Å². The molecule has 1 saturated heterocycles. The number of amides is 1. The van der Waals surface area contributed by atoms with E-state index in [9.17, 15) is 10.1 Å². The Hall–Kier alpha value is -3.24. The lowest BCUT2D eigenvalue weighted by Crippen LogP contribution is -2.41. The Morgan fingerprint density at radius 2 is 1.92 bits per heavy atom. The van der Waals surface area contributed by atoms with Gasteiger partial charge in [0.2, 0.25) is 5.91 Å². The molecule has 3 aromatic rings. The number of carbonyl (C=O) groups excluding carboxylic acids is 1. The zero-order valence-electron chi connectivity index (χ0n) is 13.7. The molecule has 2 atom stereocenters. The number of hydrogen-bond acceptors (Lipinski definition) is 5. The smallest absolute Gasteiger partial charge is 0.246 e. The Labute approximate surface area is 154 Å². The van der Waals surface area contributed by atoms with Gasteiger partial charge >= 0.3 is 0 Å². The number of aromatic nitrogens is 1. The molecule has 4 rings (SSSR count). The molecular weight excluding hydrogens is 346 g/mol. The Balaban J connectivity index is 1.82. The largest absolute Gasteiger partial charge is 0.287 e. The summed E-state index contributed by atoms with van der Waals surface area (Å²) in [6.45, 7) is 0. The van der Waals surface area contributed by atoms with Crippen LogP contribution in [0.1, 0.15) is 29.0 Å². The maximum Gasteiger partial charge on any atom is 0.246 e. The number of hydrazine groups is 1. The van der Waals surface area contributed by atoms with E-state index in [0.717, 1.165) is 15.8 Å². The van der Waals surface area contributed by atoms with E-state index in [2.05, 4.69) is 16.5 Å². The number of carbonyl (C=O) groups is 1. The Morgan fingerprint density at radius 1 is 1.19 bits per heavy atom. The number of nitriles is 1.